The number of para-hydroxylation sites is 1. The molecule has 3 aliphatic rings. The number of carbonyl (C=O) groups is 3. The number of nitrogens with zero attached hydrogens (tertiary/aromatic N) is 2. The van der Waals surface area contributed by atoms with Gasteiger partial charge in [0.15, 0.2) is 0 Å². The molecule has 0 spiro atoms. The molecule has 3 heterocycles. The van der Waals surface area contributed by atoms with Gasteiger partial charge < -0.3 is 15.6 Å². The molecule has 168 valence electrons. The largest absolute Gasteiger partial charge is 0.349 e. The van der Waals surface area contributed by atoms with Crippen molar-refractivity contribution in [3.63, 3.8) is 0 Å². The number of benzene rings is 1. The zero-order valence-corrected chi connectivity index (χ0v) is 18.1. The third kappa shape index (κ3) is 4.01. The minimum absolute atomic E-state index is 0.0547. The van der Waals surface area contributed by atoms with Gasteiger partial charge in [-0.15, -0.1) is 0 Å². The zero-order valence-electron chi connectivity index (χ0n) is 18.1. The number of rotatable bonds is 6. The Balaban J connectivity index is 1.34. The molecule has 0 bridgehead atoms. The summed E-state index contributed by atoms with van der Waals surface area (Å²) in [5.74, 6) is -0.0171. The van der Waals surface area contributed by atoms with E-state index in [2.05, 4.69) is 20.6 Å². The molecule has 1 fully saturated rings. The molecule has 32 heavy (non-hydrogen) atoms. The monoisotopic (exact) mass is 435 g/mol. The van der Waals surface area contributed by atoms with Gasteiger partial charge in [0.25, 0.3) is 0 Å². The molecule has 2 atom stereocenters. The fourth-order valence-electron chi connectivity index (χ4n) is 5.39. The van der Waals surface area contributed by atoms with Crippen LogP contribution in [-0.4, -0.2) is 39.8 Å². The van der Waals surface area contributed by atoms with Gasteiger partial charge in [-0.25, -0.2) is 4.98 Å². The van der Waals surface area contributed by atoms with Gasteiger partial charge in [0.2, 0.25) is 17.7 Å². The van der Waals surface area contributed by atoms with Crippen LogP contribution in [0.3, 0.4) is 0 Å². The lowest BCUT2D eigenvalue weighted by Crippen LogP contribution is -2.54. The number of nitrogens with one attached hydrogen (secondary N) is 3. The quantitative estimate of drug-likeness (QED) is 0.645. The highest BCUT2D eigenvalue weighted by molar-refractivity contribution is 6.07. The van der Waals surface area contributed by atoms with Crippen molar-refractivity contribution in [2.24, 2.45) is 5.92 Å². The Labute approximate surface area is 187 Å². The maximum atomic E-state index is 13.6. The third-order valence-corrected chi connectivity index (χ3v) is 7.00. The molecule has 3 amide bonds. The lowest BCUT2D eigenvalue weighted by atomic mass is 10.0. The number of carbonyl (C=O) groups excluding carboxylic acids is 3. The fourth-order valence-corrected chi connectivity index (χ4v) is 5.39. The second kappa shape index (κ2) is 8.76. The lowest BCUT2D eigenvalue weighted by molar-refractivity contribution is -0.129. The van der Waals surface area contributed by atoms with Crippen LogP contribution in [0.15, 0.2) is 30.7 Å². The highest BCUT2D eigenvalue weighted by atomic mass is 16.2. The average molecular weight is 436 g/mol. The topological polar surface area (TPSA) is 107 Å². The van der Waals surface area contributed by atoms with Gasteiger partial charge in [0.1, 0.15) is 12.1 Å². The number of amides is 3. The summed E-state index contributed by atoms with van der Waals surface area (Å²) in [5.41, 5.74) is 3.73. The van der Waals surface area contributed by atoms with Crippen LogP contribution in [0.5, 0.6) is 0 Å². The van der Waals surface area contributed by atoms with Crippen molar-refractivity contribution in [3.05, 3.63) is 47.5 Å². The standard InChI is InChI=1S/C24H29N5O3/c30-21(10-15-4-1-2-5-15)28-19-9-8-16-6-3-7-17-11-20(29(22(16)17)24(19)32)23(31)26-13-18-12-25-14-27-18/h3,6-7,12,14-15,19-20H,1-2,4-5,8-11,13H2,(H,25,27)(H,26,31)(H,28,30)/t19-,20-/m0/s1. The van der Waals surface area contributed by atoms with Gasteiger partial charge in [-0.1, -0.05) is 31.0 Å². The molecule has 0 unspecified atom stereocenters. The minimum atomic E-state index is -0.617. The molecule has 5 rings (SSSR count). The second-order valence-electron chi connectivity index (χ2n) is 9.16. The van der Waals surface area contributed by atoms with E-state index < -0.39 is 12.1 Å². The summed E-state index contributed by atoms with van der Waals surface area (Å²) in [7, 11) is 0. The third-order valence-electron chi connectivity index (χ3n) is 7.00. The number of aromatic amines is 1. The molecule has 0 saturated heterocycles. The van der Waals surface area contributed by atoms with Gasteiger partial charge in [-0.3, -0.25) is 19.3 Å². The summed E-state index contributed by atoms with van der Waals surface area (Å²) in [6.07, 6.45) is 9.97. The maximum Gasteiger partial charge on any atom is 0.250 e. The molecular weight excluding hydrogens is 406 g/mol. The first-order valence-corrected chi connectivity index (χ1v) is 11.6. The SMILES string of the molecule is O=C(CC1CCCC1)N[C@H]1CCc2cccc3c2N(C1=O)[C@H](C(=O)NCc1cnc[nH]1)C3. The van der Waals surface area contributed by atoms with Gasteiger partial charge in [0.05, 0.1) is 24.3 Å². The first kappa shape index (κ1) is 20.7. The normalized spacial score (nSPS) is 22.5. The zero-order chi connectivity index (χ0) is 22.1. The summed E-state index contributed by atoms with van der Waals surface area (Å²) in [6, 6.07) is 4.77. The minimum Gasteiger partial charge on any atom is -0.349 e. The van der Waals surface area contributed by atoms with Crippen LogP contribution in [0, 0.1) is 5.92 Å². The summed E-state index contributed by atoms with van der Waals surface area (Å²) in [5, 5.41) is 5.92. The Morgan fingerprint density at radius 2 is 1.97 bits per heavy atom. The molecule has 8 nitrogen and oxygen atoms in total. The van der Waals surface area contributed by atoms with E-state index in [1.54, 1.807) is 17.4 Å². The van der Waals surface area contributed by atoms with Crippen molar-refractivity contribution in [1.82, 2.24) is 20.6 Å². The summed E-state index contributed by atoms with van der Waals surface area (Å²) in [4.78, 5) is 48.0. The van der Waals surface area contributed by atoms with E-state index in [0.717, 1.165) is 35.3 Å². The molecule has 3 N–H and O–H groups in total. The highest BCUT2D eigenvalue weighted by Crippen LogP contribution is 2.39. The smallest absolute Gasteiger partial charge is 0.250 e. The first-order valence-electron chi connectivity index (χ1n) is 11.6. The predicted molar refractivity (Wildman–Crippen MR) is 119 cm³/mol. The van der Waals surface area contributed by atoms with E-state index in [1.165, 1.54) is 12.8 Å². The van der Waals surface area contributed by atoms with E-state index >= 15 is 0 Å². The predicted octanol–water partition coefficient (Wildman–Crippen LogP) is 2.00. The Morgan fingerprint density at radius 3 is 2.75 bits per heavy atom. The summed E-state index contributed by atoms with van der Waals surface area (Å²) in [6.45, 7) is 0.322. The molecule has 1 aromatic carbocycles. The van der Waals surface area contributed by atoms with E-state index in [9.17, 15) is 14.4 Å². The van der Waals surface area contributed by atoms with Crippen LogP contribution >= 0.6 is 0 Å². The van der Waals surface area contributed by atoms with Crippen molar-refractivity contribution in [1.29, 1.82) is 0 Å². The Bertz CT molecular complexity index is 1010. The molecule has 2 aromatic rings. The van der Waals surface area contributed by atoms with Crippen molar-refractivity contribution in [3.8, 4) is 0 Å². The second-order valence-corrected chi connectivity index (χ2v) is 9.16. The van der Waals surface area contributed by atoms with Crippen LogP contribution in [0.4, 0.5) is 5.69 Å². The molecule has 0 radical (unpaired) electrons. The lowest BCUT2D eigenvalue weighted by Gasteiger charge is -2.28. The van der Waals surface area contributed by atoms with Crippen LogP contribution in [0.25, 0.3) is 0 Å². The van der Waals surface area contributed by atoms with Gasteiger partial charge in [-0.2, -0.15) is 0 Å². The molecule has 8 heteroatoms. The molecule has 1 aliphatic carbocycles. The Kier molecular flexibility index (Phi) is 5.68. The average Bonchev–Trinajstić information content (AvgIpc) is 3.53. The molecule has 1 aromatic heterocycles. The van der Waals surface area contributed by atoms with Crippen LogP contribution in [0.1, 0.15) is 55.3 Å². The van der Waals surface area contributed by atoms with Crippen molar-refractivity contribution >= 4 is 23.4 Å². The van der Waals surface area contributed by atoms with Gasteiger partial charge in [0, 0.05) is 19.0 Å². The van der Waals surface area contributed by atoms with Gasteiger partial charge in [-0.05, 0) is 42.7 Å². The number of imidazole rings is 1. The number of aryl methyl sites for hydroxylation is 1. The van der Waals surface area contributed by atoms with E-state index in [4.69, 9.17) is 0 Å². The Hall–Kier alpha value is -3.16. The Morgan fingerprint density at radius 1 is 1.16 bits per heavy atom. The number of H-pyrrole nitrogens is 1. The molecular formula is C24H29N5O3. The van der Waals surface area contributed by atoms with Crippen molar-refractivity contribution in [2.45, 2.75) is 70.0 Å². The van der Waals surface area contributed by atoms with Crippen LogP contribution in [0.2, 0.25) is 0 Å². The number of aromatic nitrogens is 2. The van der Waals surface area contributed by atoms with Gasteiger partial charge >= 0.3 is 0 Å². The van der Waals surface area contributed by atoms with E-state index in [1.807, 2.05) is 18.2 Å². The van der Waals surface area contributed by atoms with Crippen molar-refractivity contribution in [2.75, 3.05) is 4.90 Å². The first-order chi connectivity index (χ1) is 15.6. The number of anilines is 1. The fraction of sp³-hybridized carbons (Fsp3) is 0.500. The van der Waals surface area contributed by atoms with E-state index in [0.29, 0.717) is 38.1 Å². The maximum absolute atomic E-state index is 13.6. The summed E-state index contributed by atoms with van der Waals surface area (Å²) < 4.78 is 0. The molecule has 2 aliphatic heterocycles. The van der Waals surface area contributed by atoms with E-state index in [-0.39, 0.29) is 17.7 Å². The van der Waals surface area contributed by atoms with Crippen LogP contribution in [-0.2, 0) is 33.8 Å². The van der Waals surface area contributed by atoms with Crippen molar-refractivity contribution < 1.29 is 14.4 Å². The summed E-state index contributed by atoms with van der Waals surface area (Å²) >= 11 is 0. The highest BCUT2D eigenvalue weighted by Gasteiger charge is 2.44. The van der Waals surface area contributed by atoms with Crippen LogP contribution < -0.4 is 15.5 Å². The molecule has 1 saturated carbocycles. The number of hydrogen-bond acceptors (Lipinski definition) is 4. The number of hydrogen-bond donors (Lipinski definition) is 3.